The van der Waals surface area contributed by atoms with E-state index in [1.807, 2.05) is 36.4 Å². The molecule has 0 saturated heterocycles. The fourth-order valence-corrected chi connectivity index (χ4v) is 6.81. The largest absolute Gasteiger partial charge is 0.490 e. The van der Waals surface area contributed by atoms with Gasteiger partial charge in [-0.25, -0.2) is 19.2 Å². The minimum atomic E-state index is -0.660. The Bertz CT molecular complexity index is 1810. The quantitative estimate of drug-likeness (QED) is 0.0566. The second-order valence-electron chi connectivity index (χ2n) is 14.2. The molecule has 0 unspecified atom stereocenters. The molecule has 1 aliphatic heterocycles. The van der Waals surface area contributed by atoms with Gasteiger partial charge in [-0.3, -0.25) is 0 Å². The number of amides is 2. The molecule has 0 atom stereocenters. The van der Waals surface area contributed by atoms with Crippen LogP contribution in [0.1, 0.15) is 81.0 Å². The Morgan fingerprint density at radius 2 is 1.12 bits per heavy atom. The van der Waals surface area contributed by atoms with Crippen LogP contribution >= 0.6 is 0 Å². The number of carbonyl (C=O) groups excluding carboxylic acids is 4. The standard InChI is InChI=1S/C44H52N2O11/c1-29(2)40(47)53-21-19-45-42(49)55-25-23-51-34-15-17-36-38(27-34)57-39-28-35(52-24-26-56-43(50)46-20-22-54-41(48)30(3)4)16-18-37(39)44(36,5)33-13-11-32(12-14-33)31-9-7-6-8-10-31/h11-18,27-28,31H,1,3,6-10,19-26H2,2,4-5H3,(H,45,49)(H,46,50). The van der Waals surface area contributed by atoms with Crippen LogP contribution in [0.2, 0.25) is 0 Å². The molecule has 57 heavy (non-hydrogen) atoms. The number of esters is 2. The number of hydrogen-bond donors (Lipinski definition) is 2. The summed E-state index contributed by atoms with van der Waals surface area (Å²) in [6, 6.07) is 20.4. The molecule has 0 spiro atoms. The van der Waals surface area contributed by atoms with Gasteiger partial charge in [0.2, 0.25) is 0 Å². The average molecular weight is 785 g/mol. The van der Waals surface area contributed by atoms with Crippen LogP contribution in [0.3, 0.4) is 0 Å². The molecule has 1 aliphatic carbocycles. The van der Waals surface area contributed by atoms with E-state index in [0.717, 1.165) is 16.7 Å². The minimum Gasteiger partial charge on any atom is -0.490 e. The molecule has 1 saturated carbocycles. The Morgan fingerprint density at radius 1 is 0.649 bits per heavy atom. The van der Waals surface area contributed by atoms with Crippen molar-refractivity contribution in [2.75, 3.05) is 52.7 Å². The van der Waals surface area contributed by atoms with Crippen molar-refractivity contribution in [1.29, 1.82) is 0 Å². The van der Waals surface area contributed by atoms with Crippen LogP contribution in [0, 0.1) is 0 Å². The van der Waals surface area contributed by atoms with E-state index in [-0.39, 0.29) is 63.9 Å². The van der Waals surface area contributed by atoms with Gasteiger partial charge in [0.15, 0.2) is 0 Å². The molecule has 0 radical (unpaired) electrons. The van der Waals surface area contributed by atoms with E-state index in [1.165, 1.54) is 37.7 Å². The zero-order valence-electron chi connectivity index (χ0n) is 32.9. The lowest BCUT2D eigenvalue weighted by Gasteiger charge is -2.38. The van der Waals surface area contributed by atoms with Crippen LogP contribution in [0.15, 0.2) is 85.0 Å². The molecule has 13 heteroatoms. The molecule has 2 N–H and O–H groups in total. The first-order valence-corrected chi connectivity index (χ1v) is 19.2. The van der Waals surface area contributed by atoms with Crippen LogP contribution in [-0.4, -0.2) is 76.9 Å². The smallest absolute Gasteiger partial charge is 0.407 e. The number of nitrogens with one attached hydrogen (secondary N) is 2. The normalized spacial score (nSPS) is 14.0. The molecule has 0 aromatic heterocycles. The summed E-state index contributed by atoms with van der Waals surface area (Å²) in [6.45, 7) is 12.6. The predicted molar refractivity (Wildman–Crippen MR) is 212 cm³/mol. The Balaban J connectivity index is 1.23. The summed E-state index contributed by atoms with van der Waals surface area (Å²) < 4.78 is 38.7. The first kappa shape index (κ1) is 42.2. The van der Waals surface area contributed by atoms with E-state index < -0.39 is 29.5 Å². The van der Waals surface area contributed by atoms with Crippen molar-refractivity contribution in [1.82, 2.24) is 10.6 Å². The van der Waals surface area contributed by atoms with E-state index >= 15 is 0 Å². The van der Waals surface area contributed by atoms with Crippen molar-refractivity contribution in [2.45, 2.75) is 64.2 Å². The van der Waals surface area contributed by atoms with Gasteiger partial charge < -0.3 is 43.8 Å². The second kappa shape index (κ2) is 20.3. The zero-order chi connectivity index (χ0) is 40.8. The maximum atomic E-state index is 12.1. The van der Waals surface area contributed by atoms with Crippen LogP contribution in [0.5, 0.6) is 23.0 Å². The Hall–Kier alpha value is -5.98. The monoisotopic (exact) mass is 784 g/mol. The SMILES string of the molecule is C=C(C)C(=O)OCCNC(=O)OCCOc1ccc2c(c1)Oc1cc(OCCOC(=O)NCCOC(=O)C(=C)C)ccc1C2(C)c1ccc(C2CCCCC2)cc1. The highest BCUT2D eigenvalue weighted by molar-refractivity contribution is 5.87. The molecule has 3 aromatic rings. The summed E-state index contributed by atoms with van der Waals surface area (Å²) in [6.07, 6.45) is 4.94. The zero-order valence-corrected chi connectivity index (χ0v) is 32.9. The van der Waals surface area contributed by atoms with Crippen molar-refractivity contribution in [3.05, 3.63) is 107 Å². The topological polar surface area (TPSA) is 157 Å². The van der Waals surface area contributed by atoms with Gasteiger partial charge in [0.1, 0.15) is 62.6 Å². The molecule has 2 amide bonds. The van der Waals surface area contributed by atoms with E-state index in [2.05, 4.69) is 55.0 Å². The molecule has 2 aliphatic rings. The number of alkyl carbamates (subject to hydrolysis) is 2. The second-order valence-corrected chi connectivity index (χ2v) is 14.2. The van der Waals surface area contributed by atoms with Crippen molar-refractivity contribution in [2.24, 2.45) is 0 Å². The highest BCUT2D eigenvalue weighted by Crippen LogP contribution is 2.53. The number of carbonyl (C=O) groups is 4. The van der Waals surface area contributed by atoms with Crippen LogP contribution in [-0.2, 0) is 34.0 Å². The lowest BCUT2D eigenvalue weighted by atomic mass is 9.69. The Kier molecular flexibility index (Phi) is 15.0. The minimum absolute atomic E-state index is 0.00109. The van der Waals surface area contributed by atoms with E-state index in [4.69, 9.17) is 33.2 Å². The number of hydrogen-bond acceptors (Lipinski definition) is 11. The van der Waals surface area contributed by atoms with Gasteiger partial charge in [-0.2, -0.15) is 0 Å². The van der Waals surface area contributed by atoms with Gasteiger partial charge in [-0.1, -0.05) is 68.8 Å². The average Bonchev–Trinajstić information content (AvgIpc) is 3.21. The molecular formula is C44H52N2O11. The third-order valence-corrected chi connectivity index (χ3v) is 9.84. The maximum Gasteiger partial charge on any atom is 0.407 e. The van der Waals surface area contributed by atoms with Crippen molar-refractivity contribution in [3.63, 3.8) is 0 Å². The van der Waals surface area contributed by atoms with Crippen LogP contribution < -0.4 is 24.8 Å². The highest BCUT2D eigenvalue weighted by atomic mass is 16.6. The van der Waals surface area contributed by atoms with Gasteiger partial charge >= 0.3 is 24.1 Å². The molecule has 1 heterocycles. The fraction of sp³-hybridized carbons (Fsp3) is 0.409. The number of rotatable bonds is 18. The summed E-state index contributed by atoms with van der Waals surface area (Å²) >= 11 is 0. The molecule has 0 bridgehead atoms. The van der Waals surface area contributed by atoms with Crippen molar-refractivity contribution in [3.8, 4) is 23.0 Å². The van der Waals surface area contributed by atoms with Crippen LogP contribution in [0.25, 0.3) is 0 Å². The number of benzene rings is 3. The van der Waals surface area contributed by atoms with Gasteiger partial charge in [0.25, 0.3) is 0 Å². The summed E-state index contributed by atoms with van der Waals surface area (Å²) in [5, 5.41) is 5.04. The molecule has 1 fully saturated rings. The van der Waals surface area contributed by atoms with E-state index in [9.17, 15) is 19.2 Å². The summed E-state index contributed by atoms with van der Waals surface area (Å²) in [7, 11) is 0. The highest BCUT2D eigenvalue weighted by Gasteiger charge is 2.40. The Morgan fingerprint density at radius 3 is 1.58 bits per heavy atom. The van der Waals surface area contributed by atoms with E-state index in [0.29, 0.717) is 28.9 Å². The molecule has 3 aromatic carbocycles. The maximum absolute atomic E-state index is 12.1. The van der Waals surface area contributed by atoms with Crippen molar-refractivity contribution < 1.29 is 52.3 Å². The van der Waals surface area contributed by atoms with Crippen molar-refractivity contribution >= 4 is 24.1 Å². The van der Waals surface area contributed by atoms with Gasteiger partial charge in [-0.15, -0.1) is 0 Å². The first-order valence-electron chi connectivity index (χ1n) is 19.2. The third-order valence-electron chi connectivity index (χ3n) is 9.84. The predicted octanol–water partition coefficient (Wildman–Crippen LogP) is 7.64. The lowest BCUT2D eigenvalue weighted by Crippen LogP contribution is -2.30. The first-order chi connectivity index (χ1) is 27.4. The van der Waals surface area contributed by atoms with Crippen LogP contribution in [0.4, 0.5) is 9.59 Å². The molecule has 5 rings (SSSR count). The fourth-order valence-electron chi connectivity index (χ4n) is 6.81. The van der Waals surface area contributed by atoms with Gasteiger partial charge in [0, 0.05) is 39.8 Å². The third kappa shape index (κ3) is 11.5. The summed E-state index contributed by atoms with van der Waals surface area (Å²) in [4.78, 5) is 47.1. The number of ether oxygens (including phenoxy) is 7. The van der Waals surface area contributed by atoms with Gasteiger partial charge in [-0.05, 0) is 62.8 Å². The summed E-state index contributed by atoms with van der Waals surface area (Å²) in [5.74, 6) is 1.79. The summed E-state index contributed by atoms with van der Waals surface area (Å²) in [5.41, 5.74) is 4.35. The molecule has 13 nitrogen and oxygen atoms in total. The van der Waals surface area contributed by atoms with E-state index in [1.54, 1.807) is 13.8 Å². The number of fused-ring (bicyclic) bond motifs is 2. The Labute approximate surface area is 333 Å². The molecular weight excluding hydrogens is 732 g/mol. The lowest BCUT2D eigenvalue weighted by molar-refractivity contribution is -0.139. The van der Waals surface area contributed by atoms with Gasteiger partial charge in [0.05, 0.1) is 13.1 Å². The molecule has 304 valence electrons.